The van der Waals surface area contributed by atoms with Gasteiger partial charge in [0, 0.05) is 12.1 Å². The Bertz CT molecular complexity index is 392. The maximum Gasteiger partial charge on any atom is 0.251 e. The van der Waals surface area contributed by atoms with Gasteiger partial charge in [0.15, 0.2) is 0 Å². The molecule has 0 aromatic heterocycles. The van der Waals surface area contributed by atoms with Crippen molar-refractivity contribution in [1.29, 1.82) is 5.26 Å². The predicted molar refractivity (Wildman–Crippen MR) is 59.8 cm³/mol. The summed E-state index contributed by atoms with van der Waals surface area (Å²) in [5.74, 6) is -0.239. The summed E-state index contributed by atoms with van der Waals surface area (Å²) in [6.07, 6.45) is 0.0931. The molecule has 0 saturated heterocycles. The van der Waals surface area contributed by atoms with E-state index in [1.807, 2.05) is 13.0 Å². The Labute approximate surface area is 94.5 Å². The maximum absolute atomic E-state index is 11.6. The normalized spacial score (nSPS) is 11.6. The average molecular weight is 218 g/mol. The number of nitrogens with one attached hydrogen (secondary N) is 1. The van der Waals surface area contributed by atoms with Crippen molar-refractivity contribution in [3.8, 4) is 6.07 Å². The first-order chi connectivity index (χ1) is 7.67. The summed E-state index contributed by atoms with van der Waals surface area (Å²) in [6, 6.07) is 8.34. The molecule has 4 nitrogen and oxygen atoms in total. The van der Waals surface area contributed by atoms with E-state index >= 15 is 0 Å². The van der Waals surface area contributed by atoms with Crippen LogP contribution in [0.25, 0.3) is 0 Å². The highest BCUT2D eigenvalue weighted by Crippen LogP contribution is 2.03. The van der Waals surface area contributed by atoms with Crippen molar-refractivity contribution in [2.75, 3.05) is 6.54 Å². The van der Waals surface area contributed by atoms with E-state index in [2.05, 4.69) is 5.32 Å². The summed E-state index contributed by atoms with van der Waals surface area (Å²) in [7, 11) is 0. The molecule has 2 N–H and O–H groups in total. The van der Waals surface area contributed by atoms with Crippen molar-refractivity contribution in [1.82, 2.24) is 5.32 Å². The van der Waals surface area contributed by atoms with Crippen molar-refractivity contribution < 1.29 is 9.90 Å². The van der Waals surface area contributed by atoms with Gasteiger partial charge in [-0.15, -0.1) is 0 Å². The third kappa shape index (κ3) is 3.37. The third-order valence-corrected chi connectivity index (χ3v) is 2.25. The fourth-order valence-electron chi connectivity index (χ4n) is 1.15. The monoisotopic (exact) mass is 218 g/mol. The lowest BCUT2D eigenvalue weighted by atomic mass is 10.1. The van der Waals surface area contributed by atoms with Crippen molar-refractivity contribution >= 4 is 5.91 Å². The first-order valence-electron chi connectivity index (χ1n) is 5.13. The smallest absolute Gasteiger partial charge is 0.251 e. The molecule has 1 aromatic rings. The molecule has 1 unspecified atom stereocenters. The number of nitriles is 1. The second-order valence-electron chi connectivity index (χ2n) is 3.46. The number of carbonyl (C=O) groups is 1. The molecule has 0 aliphatic rings. The lowest BCUT2D eigenvalue weighted by Crippen LogP contribution is -2.31. The highest BCUT2D eigenvalue weighted by atomic mass is 16.3. The van der Waals surface area contributed by atoms with Crippen LogP contribution in [0.1, 0.15) is 29.3 Å². The zero-order valence-electron chi connectivity index (χ0n) is 9.10. The minimum atomic E-state index is -0.512. The quantitative estimate of drug-likeness (QED) is 0.793. The molecule has 16 heavy (non-hydrogen) atoms. The summed E-state index contributed by atoms with van der Waals surface area (Å²) < 4.78 is 0. The number of benzene rings is 1. The second-order valence-corrected chi connectivity index (χ2v) is 3.46. The zero-order valence-corrected chi connectivity index (χ0v) is 9.10. The summed E-state index contributed by atoms with van der Waals surface area (Å²) in [6.45, 7) is 2.09. The number of hydrogen-bond acceptors (Lipinski definition) is 3. The van der Waals surface area contributed by atoms with Gasteiger partial charge in [-0.05, 0) is 30.7 Å². The van der Waals surface area contributed by atoms with Gasteiger partial charge >= 0.3 is 0 Å². The van der Waals surface area contributed by atoms with Gasteiger partial charge in [0.25, 0.3) is 5.91 Å². The van der Waals surface area contributed by atoms with Crippen molar-refractivity contribution in [3.05, 3.63) is 35.4 Å². The standard InChI is InChI=1S/C12H14N2O2/c1-2-11(15)8-14-12(16)10-5-3-9(7-13)4-6-10/h3-6,11,15H,2,8H2,1H3,(H,14,16). The molecule has 84 valence electrons. The van der Waals surface area contributed by atoms with Crippen LogP contribution >= 0.6 is 0 Å². The van der Waals surface area contributed by atoms with E-state index in [-0.39, 0.29) is 12.5 Å². The van der Waals surface area contributed by atoms with Crippen LogP contribution in [0, 0.1) is 11.3 Å². The molecule has 0 fully saturated rings. The average Bonchev–Trinajstić information content (AvgIpc) is 2.35. The highest BCUT2D eigenvalue weighted by molar-refractivity contribution is 5.94. The lowest BCUT2D eigenvalue weighted by molar-refractivity contribution is 0.0914. The van der Waals surface area contributed by atoms with Gasteiger partial charge in [-0.2, -0.15) is 5.26 Å². The van der Waals surface area contributed by atoms with Crippen LogP contribution in [0.3, 0.4) is 0 Å². The van der Waals surface area contributed by atoms with Crippen LogP contribution in [-0.4, -0.2) is 23.7 Å². The summed E-state index contributed by atoms with van der Waals surface area (Å²) >= 11 is 0. The van der Waals surface area contributed by atoms with E-state index in [1.54, 1.807) is 24.3 Å². The van der Waals surface area contributed by atoms with Gasteiger partial charge in [-0.1, -0.05) is 6.92 Å². The van der Waals surface area contributed by atoms with Gasteiger partial charge < -0.3 is 10.4 Å². The molecule has 1 atom stereocenters. The summed E-state index contributed by atoms with van der Waals surface area (Å²) in [5.41, 5.74) is 1.01. The Morgan fingerprint density at radius 2 is 2.12 bits per heavy atom. The molecule has 0 spiro atoms. The molecule has 0 aliphatic heterocycles. The SMILES string of the molecule is CCC(O)CNC(=O)c1ccc(C#N)cc1. The van der Waals surface area contributed by atoms with Crippen LogP contribution in [0.15, 0.2) is 24.3 Å². The van der Waals surface area contributed by atoms with Gasteiger partial charge in [0.1, 0.15) is 0 Å². The molecule has 1 rings (SSSR count). The van der Waals surface area contributed by atoms with Crippen LogP contribution in [-0.2, 0) is 0 Å². The van der Waals surface area contributed by atoms with Crippen molar-refractivity contribution in [3.63, 3.8) is 0 Å². The van der Waals surface area contributed by atoms with Crippen LogP contribution in [0.4, 0.5) is 0 Å². The Morgan fingerprint density at radius 3 is 2.62 bits per heavy atom. The molecule has 0 saturated carbocycles. The predicted octanol–water partition coefficient (Wildman–Crippen LogP) is 1.06. The summed E-state index contributed by atoms with van der Waals surface area (Å²) in [5, 5.41) is 20.5. The van der Waals surface area contributed by atoms with Gasteiger partial charge in [0.2, 0.25) is 0 Å². The molecular formula is C12H14N2O2. The number of aliphatic hydroxyl groups excluding tert-OH is 1. The molecule has 0 bridgehead atoms. The third-order valence-electron chi connectivity index (χ3n) is 2.25. The first kappa shape index (κ1) is 12.2. The number of aliphatic hydroxyl groups is 1. The van der Waals surface area contributed by atoms with Gasteiger partial charge in [0.05, 0.1) is 17.7 Å². The highest BCUT2D eigenvalue weighted by Gasteiger charge is 2.07. The second kappa shape index (κ2) is 5.89. The lowest BCUT2D eigenvalue weighted by Gasteiger charge is -2.09. The number of rotatable bonds is 4. The molecule has 0 aliphatic carbocycles. The van der Waals surface area contributed by atoms with Gasteiger partial charge in [-0.25, -0.2) is 0 Å². The Balaban J connectivity index is 2.57. The van der Waals surface area contributed by atoms with E-state index < -0.39 is 6.10 Å². The van der Waals surface area contributed by atoms with E-state index in [4.69, 9.17) is 5.26 Å². The fraction of sp³-hybridized carbons (Fsp3) is 0.333. The molecule has 1 aromatic carbocycles. The number of nitrogens with zero attached hydrogens (tertiary/aromatic N) is 1. The fourth-order valence-corrected chi connectivity index (χ4v) is 1.15. The minimum Gasteiger partial charge on any atom is -0.391 e. The maximum atomic E-state index is 11.6. The Kier molecular flexibility index (Phi) is 4.49. The van der Waals surface area contributed by atoms with Crippen LogP contribution in [0.5, 0.6) is 0 Å². The molecule has 1 amide bonds. The van der Waals surface area contributed by atoms with Gasteiger partial charge in [-0.3, -0.25) is 4.79 Å². The zero-order chi connectivity index (χ0) is 12.0. The first-order valence-corrected chi connectivity index (χ1v) is 5.13. The minimum absolute atomic E-state index is 0.239. The molecule has 4 heteroatoms. The number of hydrogen-bond donors (Lipinski definition) is 2. The van der Waals surface area contributed by atoms with Crippen LogP contribution in [0.2, 0.25) is 0 Å². The van der Waals surface area contributed by atoms with E-state index in [0.717, 1.165) is 0 Å². The number of carbonyl (C=O) groups excluding carboxylic acids is 1. The van der Waals surface area contributed by atoms with Crippen molar-refractivity contribution in [2.45, 2.75) is 19.4 Å². The molecule has 0 radical (unpaired) electrons. The van der Waals surface area contributed by atoms with E-state index in [9.17, 15) is 9.90 Å². The molecular weight excluding hydrogens is 204 g/mol. The molecule has 0 heterocycles. The van der Waals surface area contributed by atoms with E-state index in [0.29, 0.717) is 17.5 Å². The topological polar surface area (TPSA) is 73.1 Å². The Morgan fingerprint density at radius 1 is 1.50 bits per heavy atom. The summed E-state index contributed by atoms with van der Waals surface area (Å²) in [4.78, 5) is 11.6. The van der Waals surface area contributed by atoms with E-state index in [1.165, 1.54) is 0 Å². The van der Waals surface area contributed by atoms with Crippen molar-refractivity contribution in [2.24, 2.45) is 0 Å². The largest absolute Gasteiger partial charge is 0.391 e. The number of amides is 1. The van der Waals surface area contributed by atoms with Crippen LogP contribution < -0.4 is 5.32 Å². The Hall–Kier alpha value is -1.86.